The molecule has 0 spiro atoms. The van der Waals surface area contributed by atoms with Gasteiger partial charge in [-0.25, -0.2) is 4.39 Å². The maximum atomic E-state index is 13.4. The maximum Gasteiger partial charge on any atom is 0.172 e. The van der Waals surface area contributed by atoms with Gasteiger partial charge in [0.05, 0.1) is 0 Å². The molecule has 1 aliphatic rings. The van der Waals surface area contributed by atoms with E-state index < -0.39 is 12.0 Å². The van der Waals surface area contributed by atoms with Crippen molar-refractivity contribution >= 4 is 34.8 Å². The van der Waals surface area contributed by atoms with E-state index in [4.69, 9.17) is 28.9 Å². The van der Waals surface area contributed by atoms with Crippen LogP contribution >= 0.6 is 23.2 Å². The van der Waals surface area contributed by atoms with Gasteiger partial charge in [-0.1, -0.05) is 59.6 Å². The third kappa shape index (κ3) is 4.76. The lowest BCUT2D eigenvalue weighted by atomic mass is 9.72. The molecule has 32 heavy (non-hydrogen) atoms. The van der Waals surface area contributed by atoms with Crippen molar-refractivity contribution in [2.45, 2.75) is 31.6 Å². The summed E-state index contributed by atoms with van der Waals surface area (Å²) in [4.78, 5) is 28.1. The highest BCUT2D eigenvalue weighted by atomic mass is 35.5. The number of nitrogens with zero attached hydrogens (tertiary/aromatic N) is 1. The zero-order valence-corrected chi connectivity index (χ0v) is 18.6. The Morgan fingerprint density at radius 3 is 2.06 bits per heavy atom. The highest BCUT2D eigenvalue weighted by Gasteiger charge is 2.52. The standard InChI is InChI=1S/C25H21Cl2FN2O2/c26-19-9-17(10-20(27)11-19)14-30(13-15-4-6-21(28)7-5-15)23-24(31)22(25(23)32)18-3-1-2-16(8-18)12-29/h1-11,22-23H,12-14,29H2. The highest BCUT2D eigenvalue weighted by Crippen LogP contribution is 2.35. The van der Waals surface area contributed by atoms with E-state index in [-0.39, 0.29) is 23.9 Å². The Bertz CT molecular complexity index is 1130. The summed E-state index contributed by atoms with van der Waals surface area (Å²) in [5, 5.41) is 0.939. The van der Waals surface area contributed by atoms with Crippen LogP contribution in [0.4, 0.5) is 4.39 Å². The molecule has 0 unspecified atom stereocenters. The monoisotopic (exact) mass is 470 g/mol. The number of nitrogens with two attached hydrogens (primary N) is 1. The summed E-state index contributed by atoms with van der Waals surface area (Å²) in [5.41, 5.74) is 8.79. The minimum Gasteiger partial charge on any atom is -0.326 e. The van der Waals surface area contributed by atoms with Gasteiger partial charge in [0.1, 0.15) is 17.8 Å². The van der Waals surface area contributed by atoms with Gasteiger partial charge in [-0.05, 0) is 52.6 Å². The molecule has 2 N–H and O–H groups in total. The van der Waals surface area contributed by atoms with Gasteiger partial charge in [-0.2, -0.15) is 0 Å². The lowest BCUT2D eigenvalue weighted by Crippen LogP contribution is -2.59. The van der Waals surface area contributed by atoms with Gasteiger partial charge in [-0.15, -0.1) is 0 Å². The van der Waals surface area contributed by atoms with Crippen LogP contribution in [-0.4, -0.2) is 22.5 Å². The van der Waals surface area contributed by atoms with Gasteiger partial charge < -0.3 is 5.73 Å². The third-order valence-electron chi connectivity index (χ3n) is 5.60. The molecule has 0 bridgehead atoms. The van der Waals surface area contributed by atoms with Crippen LogP contribution in [0.15, 0.2) is 66.7 Å². The first-order chi connectivity index (χ1) is 15.4. The van der Waals surface area contributed by atoms with Crippen LogP contribution in [0.25, 0.3) is 0 Å². The van der Waals surface area contributed by atoms with Gasteiger partial charge >= 0.3 is 0 Å². The third-order valence-corrected chi connectivity index (χ3v) is 6.04. The van der Waals surface area contributed by atoms with E-state index >= 15 is 0 Å². The van der Waals surface area contributed by atoms with Crippen molar-refractivity contribution in [1.29, 1.82) is 0 Å². The van der Waals surface area contributed by atoms with Crippen LogP contribution in [0.2, 0.25) is 10.0 Å². The first-order valence-corrected chi connectivity index (χ1v) is 10.9. The van der Waals surface area contributed by atoms with E-state index in [0.717, 1.165) is 16.7 Å². The summed E-state index contributed by atoms with van der Waals surface area (Å²) >= 11 is 12.3. The Morgan fingerprint density at radius 2 is 1.44 bits per heavy atom. The van der Waals surface area contributed by atoms with Crippen LogP contribution in [0, 0.1) is 5.82 Å². The number of rotatable bonds is 7. The van der Waals surface area contributed by atoms with Crippen molar-refractivity contribution in [2.75, 3.05) is 0 Å². The summed E-state index contributed by atoms with van der Waals surface area (Å²) in [6.07, 6.45) is 0. The predicted molar refractivity (Wildman–Crippen MR) is 123 cm³/mol. The van der Waals surface area contributed by atoms with Crippen LogP contribution < -0.4 is 5.73 Å². The molecule has 3 aromatic rings. The van der Waals surface area contributed by atoms with E-state index in [2.05, 4.69) is 0 Å². The number of Topliss-reactive ketones (excluding diaryl/α,β-unsaturated/α-hetero) is 2. The second-order valence-corrected chi connectivity index (χ2v) is 8.77. The van der Waals surface area contributed by atoms with E-state index in [1.165, 1.54) is 12.1 Å². The molecular weight excluding hydrogens is 450 g/mol. The molecule has 0 heterocycles. The Hall–Kier alpha value is -2.57. The van der Waals surface area contributed by atoms with Crippen LogP contribution in [-0.2, 0) is 29.2 Å². The number of carbonyl (C=O) groups excluding carboxylic acids is 2. The lowest BCUT2D eigenvalue weighted by Gasteiger charge is -2.40. The fraction of sp³-hybridized carbons (Fsp3) is 0.200. The van der Waals surface area contributed by atoms with Gasteiger partial charge in [0.15, 0.2) is 11.6 Å². The van der Waals surface area contributed by atoms with Gasteiger partial charge in [0, 0.05) is 29.7 Å². The van der Waals surface area contributed by atoms with Gasteiger partial charge in [-0.3, -0.25) is 14.5 Å². The molecule has 0 aliphatic heterocycles. The van der Waals surface area contributed by atoms with E-state index in [1.807, 2.05) is 6.07 Å². The molecule has 3 aromatic carbocycles. The Morgan fingerprint density at radius 1 is 0.812 bits per heavy atom. The second kappa shape index (κ2) is 9.51. The number of hydrogen-bond donors (Lipinski definition) is 1. The highest BCUT2D eigenvalue weighted by molar-refractivity contribution is 6.34. The molecule has 0 atom stereocenters. The number of ketones is 2. The first-order valence-electron chi connectivity index (χ1n) is 10.2. The lowest BCUT2D eigenvalue weighted by molar-refractivity contribution is -0.149. The van der Waals surface area contributed by atoms with Crippen molar-refractivity contribution in [3.63, 3.8) is 0 Å². The van der Waals surface area contributed by atoms with Gasteiger partial charge in [0.2, 0.25) is 0 Å². The fourth-order valence-corrected chi connectivity index (χ4v) is 4.66. The topological polar surface area (TPSA) is 63.4 Å². The Labute approximate surface area is 195 Å². The van der Waals surface area contributed by atoms with Crippen molar-refractivity contribution in [1.82, 2.24) is 4.90 Å². The van der Waals surface area contributed by atoms with Crippen molar-refractivity contribution in [2.24, 2.45) is 5.73 Å². The first kappa shape index (κ1) is 22.6. The molecule has 1 fully saturated rings. The zero-order valence-electron chi connectivity index (χ0n) is 17.1. The average Bonchev–Trinajstić information content (AvgIpc) is 2.75. The Balaban J connectivity index is 1.62. The quantitative estimate of drug-likeness (QED) is 0.498. The molecule has 4 rings (SSSR count). The van der Waals surface area contributed by atoms with E-state index in [0.29, 0.717) is 28.7 Å². The molecule has 4 nitrogen and oxygen atoms in total. The summed E-state index contributed by atoms with van der Waals surface area (Å²) in [6.45, 7) is 0.913. The number of benzene rings is 3. The SMILES string of the molecule is NCc1cccc(C2C(=O)C(N(Cc3ccc(F)cc3)Cc3cc(Cl)cc(Cl)c3)C2=O)c1. The van der Waals surface area contributed by atoms with Crippen molar-refractivity contribution in [3.8, 4) is 0 Å². The predicted octanol–water partition coefficient (Wildman–Crippen LogP) is 4.90. The largest absolute Gasteiger partial charge is 0.326 e. The number of carbonyl (C=O) groups is 2. The fourth-order valence-electron chi connectivity index (χ4n) is 4.09. The van der Waals surface area contributed by atoms with E-state index in [9.17, 15) is 14.0 Å². The zero-order chi connectivity index (χ0) is 22.8. The van der Waals surface area contributed by atoms with Crippen LogP contribution in [0.5, 0.6) is 0 Å². The molecule has 164 valence electrons. The molecular formula is C25H21Cl2FN2O2. The molecule has 0 saturated heterocycles. The molecule has 0 amide bonds. The molecule has 7 heteroatoms. The second-order valence-electron chi connectivity index (χ2n) is 7.90. The van der Waals surface area contributed by atoms with Crippen molar-refractivity contribution in [3.05, 3.63) is 105 Å². The number of hydrogen-bond acceptors (Lipinski definition) is 4. The molecule has 0 aromatic heterocycles. The van der Waals surface area contributed by atoms with Crippen LogP contribution in [0.1, 0.15) is 28.2 Å². The normalized spacial score (nSPS) is 18.2. The minimum atomic E-state index is -0.899. The van der Waals surface area contributed by atoms with Gasteiger partial charge in [0.25, 0.3) is 0 Å². The number of halogens is 3. The summed E-state index contributed by atoms with van der Waals surface area (Å²) in [7, 11) is 0. The summed E-state index contributed by atoms with van der Waals surface area (Å²) < 4.78 is 13.4. The molecule has 1 saturated carbocycles. The summed E-state index contributed by atoms with van der Waals surface area (Å²) in [5.74, 6) is -1.48. The minimum absolute atomic E-state index is 0.167. The smallest absolute Gasteiger partial charge is 0.172 e. The van der Waals surface area contributed by atoms with Crippen molar-refractivity contribution < 1.29 is 14.0 Å². The molecule has 1 aliphatic carbocycles. The maximum absolute atomic E-state index is 13.4. The Kier molecular flexibility index (Phi) is 6.72. The van der Waals surface area contributed by atoms with Crippen LogP contribution in [0.3, 0.4) is 0 Å². The van der Waals surface area contributed by atoms with E-state index in [1.54, 1.807) is 53.4 Å². The molecule has 0 radical (unpaired) electrons. The summed E-state index contributed by atoms with van der Waals surface area (Å²) in [6, 6.07) is 17.5. The average molecular weight is 471 g/mol.